The monoisotopic (exact) mass is 230 g/mol. The summed E-state index contributed by atoms with van der Waals surface area (Å²) < 4.78 is 4.55. The van der Waals surface area contributed by atoms with Crippen molar-refractivity contribution in [2.45, 2.75) is 11.8 Å². The van der Waals surface area contributed by atoms with E-state index in [1.54, 1.807) is 0 Å². The van der Waals surface area contributed by atoms with Gasteiger partial charge in [0.25, 0.3) is 0 Å². The minimum Gasteiger partial charge on any atom is -0.468 e. The van der Waals surface area contributed by atoms with Crippen LogP contribution in [0.2, 0.25) is 5.02 Å². The molecule has 1 aromatic rings. The van der Waals surface area contributed by atoms with Crippen LogP contribution in [0.3, 0.4) is 0 Å². The first kappa shape index (κ1) is 11.4. The van der Waals surface area contributed by atoms with Gasteiger partial charge >= 0.3 is 5.97 Å². The summed E-state index contributed by atoms with van der Waals surface area (Å²) in [5.41, 5.74) is 1.11. The molecular formula is C10H11ClO2S. The summed E-state index contributed by atoms with van der Waals surface area (Å²) in [6.07, 6.45) is 0. The number of aryl methyl sites for hydroxylation is 1. The number of benzene rings is 1. The number of hydrogen-bond donors (Lipinski definition) is 0. The zero-order chi connectivity index (χ0) is 10.6. The first-order chi connectivity index (χ1) is 6.63. The van der Waals surface area contributed by atoms with Crippen LogP contribution in [-0.4, -0.2) is 18.8 Å². The van der Waals surface area contributed by atoms with E-state index in [9.17, 15) is 4.79 Å². The lowest BCUT2D eigenvalue weighted by atomic mass is 10.2. The van der Waals surface area contributed by atoms with E-state index >= 15 is 0 Å². The fourth-order valence-electron chi connectivity index (χ4n) is 0.925. The van der Waals surface area contributed by atoms with Crippen LogP contribution < -0.4 is 0 Å². The van der Waals surface area contributed by atoms with Gasteiger partial charge in [0.2, 0.25) is 0 Å². The standard InChI is InChI=1S/C10H11ClO2S/c1-7-3-4-8(11)5-9(7)14-6-10(12)13-2/h3-5H,6H2,1-2H3. The molecule has 76 valence electrons. The molecule has 0 unspecified atom stereocenters. The van der Waals surface area contributed by atoms with Gasteiger partial charge < -0.3 is 4.74 Å². The Bertz CT molecular complexity index is 339. The van der Waals surface area contributed by atoms with Crippen molar-refractivity contribution in [3.63, 3.8) is 0 Å². The molecule has 1 rings (SSSR count). The molecule has 0 N–H and O–H groups in total. The van der Waals surface area contributed by atoms with E-state index in [1.165, 1.54) is 18.9 Å². The molecule has 0 fully saturated rings. The van der Waals surface area contributed by atoms with Crippen LogP contribution >= 0.6 is 23.4 Å². The van der Waals surface area contributed by atoms with Gasteiger partial charge in [0.1, 0.15) is 0 Å². The summed E-state index contributed by atoms with van der Waals surface area (Å²) in [4.78, 5) is 11.9. The van der Waals surface area contributed by atoms with Crippen molar-refractivity contribution in [1.29, 1.82) is 0 Å². The van der Waals surface area contributed by atoms with Gasteiger partial charge in [-0.25, -0.2) is 0 Å². The van der Waals surface area contributed by atoms with E-state index in [2.05, 4.69) is 4.74 Å². The first-order valence-corrected chi connectivity index (χ1v) is 5.45. The van der Waals surface area contributed by atoms with Crippen molar-refractivity contribution in [2.24, 2.45) is 0 Å². The van der Waals surface area contributed by atoms with Crippen LogP contribution in [0.1, 0.15) is 5.56 Å². The Morgan fingerprint density at radius 2 is 2.29 bits per heavy atom. The molecule has 1 aromatic carbocycles. The van der Waals surface area contributed by atoms with Crippen LogP contribution in [0.4, 0.5) is 0 Å². The summed E-state index contributed by atoms with van der Waals surface area (Å²) in [6.45, 7) is 1.98. The second-order valence-corrected chi connectivity index (χ2v) is 4.23. The van der Waals surface area contributed by atoms with Gasteiger partial charge in [0.05, 0.1) is 12.9 Å². The summed E-state index contributed by atoms with van der Waals surface area (Å²) >= 11 is 7.27. The predicted octanol–water partition coefficient (Wildman–Crippen LogP) is 2.91. The number of carbonyl (C=O) groups excluding carboxylic acids is 1. The number of carbonyl (C=O) groups is 1. The van der Waals surface area contributed by atoms with Crippen LogP contribution in [-0.2, 0) is 9.53 Å². The fraction of sp³-hybridized carbons (Fsp3) is 0.300. The molecule has 0 aliphatic heterocycles. The lowest BCUT2D eigenvalue weighted by Gasteiger charge is -2.04. The minimum absolute atomic E-state index is 0.227. The lowest BCUT2D eigenvalue weighted by Crippen LogP contribution is -2.03. The Balaban J connectivity index is 2.66. The average Bonchev–Trinajstić information content (AvgIpc) is 2.19. The van der Waals surface area contributed by atoms with Gasteiger partial charge in [-0.15, -0.1) is 11.8 Å². The second-order valence-electron chi connectivity index (χ2n) is 2.77. The van der Waals surface area contributed by atoms with Gasteiger partial charge in [-0.2, -0.15) is 0 Å². The zero-order valence-corrected chi connectivity index (χ0v) is 9.61. The Morgan fingerprint density at radius 1 is 1.57 bits per heavy atom. The maximum atomic E-state index is 10.9. The zero-order valence-electron chi connectivity index (χ0n) is 8.04. The molecule has 0 saturated carbocycles. The molecule has 0 heterocycles. The largest absolute Gasteiger partial charge is 0.468 e. The number of halogens is 1. The molecule has 14 heavy (non-hydrogen) atoms. The lowest BCUT2D eigenvalue weighted by molar-refractivity contribution is -0.137. The third-order valence-electron chi connectivity index (χ3n) is 1.72. The molecule has 0 bridgehead atoms. The number of ether oxygens (including phenoxy) is 1. The smallest absolute Gasteiger partial charge is 0.315 e. The van der Waals surface area contributed by atoms with Crippen LogP contribution in [0.15, 0.2) is 23.1 Å². The molecule has 0 amide bonds. The van der Waals surface area contributed by atoms with E-state index in [-0.39, 0.29) is 5.97 Å². The van der Waals surface area contributed by atoms with Gasteiger partial charge in [-0.3, -0.25) is 4.79 Å². The first-order valence-electron chi connectivity index (χ1n) is 4.09. The SMILES string of the molecule is COC(=O)CSc1cc(Cl)ccc1C. The minimum atomic E-state index is -0.227. The van der Waals surface area contributed by atoms with Gasteiger partial charge in [0, 0.05) is 9.92 Å². The van der Waals surface area contributed by atoms with Crippen LogP contribution in [0.5, 0.6) is 0 Å². The highest BCUT2D eigenvalue weighted by molar-refractivity contribution is 8.00. The third-order valence-corrected chi connectivity index (χ3v) is 3.09. The number of rotatable bonds is 3. The van der Waals surface area contributed by atoms with Crippen molar-refractivity contribution in [1.82, 2.24) is 0 Å². The predicted molar refractivity (Wildman–Crippen MR) is 58.9 cm³/mol. The fourth-order valence-corrected chi connectivity index (χ4v) is 2.06. The number of thioether (sulfide) groups is 1. The summed E-state index contributed by atoms with van der Waals surface area (Å²) in [5, 5.41) is 0.683. The Labute approximate surface area is 92.6 Å². The van der Waals surface area contributed by atoms with Gasteiger partial charge in [-0.1, -0.05) is 17.7 Å². The quantitative estimate of drug-likeness (QED) is 0.590. The highest BCUT2D eigenvalue weighted by atomic mass is 35.5. The molecule has 0 aliphatic carbocycles. The topological polar surface area (TPSA) is 26.3 Å². The number of esters is 1. The highest BCUT2D eigenvalue weighted by Gasteiger charge is 2.04. The second kappa shape index (κ2) is 5.27. The third kappa shape index (κ3) is 3.24. The molecule has 0 atom stereocenters. The van der Waals surface area contributed by atoms with E-state index < -0.39 is 0 Å². The van der Waals surface area contributed by atoms with E-state index in [4.69, 9.17) is 11.6 Å². The molecule has 0 aliphatic rings. The Hall–Kier alpha value is -0.670. The van der Waals surface area contributed by atoms with Crippen molar-refractivity contribution in [2.75, 3.05) is 12.9 Å². The van der Waals surface area contributed by atoms with Crippen LogP contribution in [0, 0.1) is 6.92 Å². The number of hydrogen-bond acceptors (Lipinski definition) is 3. The average molecular weight is 231 g/mol. The molecule has 0 saturated heterocycles. The number of methoxy groups -OCH3 is 1. The van der Waals surface area contributed by atoms with Gasteiger partial charge in [0.15, 0.2) is 0 Å². The molecule has 4 heteroatoms. The maximum Gasteiger partial charge on any atom is 0.315 e. The molecule has 0 aromatic heterocycles. The Morgan fingerprint density at radius 3 is 2.93 bits per heavy atom. The van der Waals surface area contributed by atoms with Crippen molar-refractivity contribution in [3.8, 4) is 0 Å². The van der Waals surface area contributed by atoms with E-state index in [1.807, 2.05) is 25.1 Å². The maximum absolute atomic E-state index is 10.9. The molecule has 2 nitrogen and oxygen atoms in total. The van der Waals surface area contributed by atoms with Crippen LogP contribution in [0.25, 0.3) is 0 Å². The molecule has 0 radical (unpaired) electrons. The van der Waals surface area contributed by atoms with Crippen molar-refractivity contribution in [3.05, 3.63) is 28.8 Å². The summed E-state index contributed by atoms with van der Waals surface area (Å²) in [6, 6.07) is 5.62. The van der Waals surface area contributed by atoms with Crippen molar-refractivity contribution >= 4 is 29.3 Å². The molecular weight excluding hydrogens is 220 g/mol. The van der Waals surface area contributed by atoms with Gasteiger partial charge in [-0.05, 0) is 24.6 Å². The summed E-state index contributed by atoms with van der Waals surface area (Å²) in [5.74, 6) is 0.0897. The van der Waals surface area contributed by atoms with E-state index in [0.717, 1.165) is 10.5 Å². The van der Waals surface area contributed by atoms with E-state index in [0.29, 0.717) is 10.8 Å². The Kier molecular flexibility index (Phi) is 4.29. The normalized spacial score (nSPS) is 9.93. The molecule has 0 spiro atoms. The summed E-state index contributed by atoms with van der Waals surface area (Å²) in [7, 11) is 1.38. The highest BCUT2D eigenvalue weighted by Crippen LogP contribution is 2.25. The van der Waals surface area contributed by atoms with Crippen molar-refractivity contribution < 1.29 is 9.53 Å².